The average molecular weight is 294 g/mol. The van der Waals surface area contributed by atoms with E-state index in [1.165, 1.54) is 0 Å². The Balaban J connectivity index is 2.46. The number of nitrogens with zero attached hydrogens (tertiary/aromatic N) is 2. The van der Waals surface area contributed by atoms with E-state index in [-0.39, 0.29) is 0 Å². The second-order valence-corrected chi connectivity index (χ2v) is 4.97. The summed E-state index contributed by atoms with van der Waals surface area (Å²) in [5, 5.41) is 0. The summed E-state index contributed by atoms with van der Waals surface area (Å²) in [6.45, 7) is 5.05. The lowest BCUT2D eigenvalue weighted by molar-refractivity contribution is 0.665. The third-order valence-corrected chi connectivity index (χ3v) is 3.29. The maximum absolute atomic E-state index is 6.15. The van der Waals surface area contributed by atoms with E-state index >= 15 is 0 Å². The molecule has 0 spiro atoms. The third-order valence-electron chi connectivity index (χ3n) is 2.76. The minimum atomic E-state index is 0.756. The van der Waals surface area contributed by atoms with E-state index in [0.717, 1.165) is 40.3 Å². The molecule has 4 heteroatoms. The molecule has 0 amide bonds. The van der Waals surface area contributed by atoms with Crippen LogP contribution in [-0.4, -0.2) is 9.55 Å². The van der Waals surface area contributed by atoms with Gasteiger partial charge in [0.1, 0.15) is 17.3 Å². The molecular weight excluding hydrogens is 278 g/mol. The summed E-state index contributed by atoms with van der Waals surface area (Å²) in [6.07, 6.45) is 1.06. The molecule has 0 atom stereocenters. The molecule has 2 rings (SSSR count). The zero-order valence-corrected chi connectivity index (χ0v) is 11.7. The molecule has 0 aliphatic heterocycles. The van der Waals surface area contributed by atoms with Crippen LogP contribution in [-0.2, 0) is 6.54 Å². The molecule has 2 N–H and O–H groups in total. The molecule has 2 aromatic rings. The standard InChI is InChI=1S/C13H16BrN3/c1-3-8-17-9(2)16-12(13(17)15)10-4-6-11(14)7-5-10/h4-7H,3,8,15H2,1-2H3. The summed E-state index contributed by atoms with van der Waals surface area (Å²) in [5.74, 6) is 1.73. The molecule has 0 saturated heterocycles. The fourth-order valence-corrected chi connectivity index (χ4v) is 2.17. The van der Waals surface area contributed by atoms with Crippen LogP contribution in [0.2, 0.25) is 0 Å². The zero-order chi connectivity index (χ0) is 12.4. The lowest BCUT2D eigenvalue weighted by Crippen LogP contribution is -2.04. The lowest BCUT2D eigenvalue weighted by Gasteiger charge is -2.05. The highest BCUT2D eigenvalue weighted by molar-refractivity contribution is 9.10. The molecule has 1 aromatic heterocycles. The van der Waals surface area contributed by atoms with E-state index in [1.807, 2.05) is 31.2 Å². The van der Waals surface area contributed by atoms with Crippen LogP contribution in [0.4, 0.5) is 5.82 Å². The SMILES string of the molecule is CCCn1c(C)nc(-c2ccc(Br)cc2)c1N. The van der Waals surface area contributed by atoms with Crippen molar-refractivity contribution in [2.75, 3.05) is 5.73 Å². The first-order valence-corrected chi connectivity index (χ1v) is 6.51. The van der Waals surface area contributed by atoms with Crippen molar-refractivity contribution in [3.8, 4) is 11.3 Å². The fraction of sp³-hybridized carbons (Fsp3) is 0.308. The zero-order valence-electron chi connectivity index (χ0n) is 10.1. The highest BCUT2D eigenvalue weighted by atomic mass is 79.9. The van der Waals surface area contributed by atoms with Crippen LogP contribution in [0, 0.1) is 6.92 Å². The second kappa shape index (κ2) is 4.92. The van der Waals surface area contributed by atoms with Gasteiger partial charge in [-0.05, 0) is 25.5 Å². The molecule has 0 saturated carbocycles. The van der Waals surface area contributed by atoms with Gasteiger partial charge >= 0.3 is 0 Å². The van der Waals surface area contributed by atoms with E-state index in [4.69, 9.17) is 5.73 Å². The Hall–Kier alpha value is -1.29. The number of halogens is 1. The monoisotopic (exact) mass is 293 g/mol. The molecule has 1 heterocycles. The Morgan fingerprint density at radius 3 is 2.53 bits per heavy atom. The number of nitrogens with two attached hydrogens (primary N) is 1. The van der Waals surface area contributed by atoms with E-state index in [0.29, 0.717) is 0 Å². The summed E-state index contributed by atoms with van der Waals surface area (Å²) in [4.78, 5) is 4.55. The van der Waals surface area contributed by atoms with Gasteiger partial charge < -0.3 is 10.3 Å². The largest absolute Gasteiger partial charge is 0.383 e. The maximum atomic E-state index is 6.15. The van der Waals surface area contributed by atoms with Crippen LogP contribution in [0.25, 0.3) is 11.3 Å². The summed E-state index contributed by atoms with van der Waals surface area (Å²) >= 11 is 3.42. The highest BCUT2D eigenvalue weighted by Gasteiger charge is 2.12. The number of hydrogen-bond donors (Lipinski definition) is 1. The Labute approximate surface area is 110 Å². The normalized spacial score (nSPS) is 10.8. The quantitative estimate of drug-likeness (QED) is 0.939. The minimum Gasteiger partial charge on any atom is -0.383 e. The maximum Gasteiger partial charge on any atom is 0.131 e. The van der Waals surface area contributed by atoms with Crippen molar-refractivity contribution >= 4 is 21.7 Å². The van der Waals surface area contributed by atoms with Crippen LogP contribution in [0.1, 0.15) is 19.2 Å². The van der Waals surface area contributed by atoms with Gasteiger partial charge in [0.25, 0.3) is 0 Å². The first-order chi connectivity index (χ1) is 8.13. The number of hydrogen-bond acceptors (Lipinski definition) is 2. The molecule has 0 aliphatic rings. The molecule has 0 radical (unpaired) electrons. The topological polar surface area (TPSA) is 43.8 Å². The van der Waals surface area contributed by atoms with Crippen molar-refractivity contribution < 1.29 is 0 Å². The van der Waals surface area contributed by atoms with E-state index in [9.17, 15) is 0 Å². The molecule has 3 nitrogen and oxygen atoms in total. The minimum absolute atomic E-state index is 0.756. The second-order valence-electron chi connectivity index (χ2n) is 4.05. The molecule has 0 unspecified atom stereocenters. The molecule has 90 valence electrons. The Morgan fingerprint density at radius 2 is 1.94 bits per heavy atom. The van der Waals surface area contributed by atoms with Crippen molar-refractivity contribution in [2.24, 2.45) is 0 Å². The Morgan fingerprint density at radius 1 is 1.29 bits per heavy atom. The van der Waals surface area contributed by atoms with Gasteiger partial charge in [0.05, 0.1) is 0 Å². The van der Waals surface area contributed by atoms with Crippen LogP contribution < -0.4 is 5.73 Å². The summed E-state index contributed by atoms with van der Waals surface area (Å²) < 4.78 is 3.13. The van der Waals surface area contributed by atoms with Gasteiger partial charge in [-0.2, -0.15) is 0 Å². The van der Waals surface area contributed by atoms with E-state index < -0.39 is 0 Å². The molecule has 0 aliphatic carbocycles. The van der Waals surface area contributed by atoms with Gasteiger partial charge in [-0.3, -0.25) is 0 Å². The predicted molar refractivity (Wildman–Crippen MR) is 74.8 cm³/mol. The van der Waals surface area contributed by atoms with Crippen LogP contribution >= 0.6 is 15.9 Å². The number of imidazole rings is 1. The predicted octanol–water partition coefficient (Wildman–Crippen LogP) is 3.61. The Bertz CT molecular complexity index is 514. The molecule has 1 aromatic carbocycles. The van der Waals surface area contributed by atoms with Gasteiger partial charge in [-0.25, -0.2) is 4.98 Å². The summed E-state index contributed by atoms with van der Waals surface area (Å²) in [5.41, 5.74) is 8.09. The summed E-state index contributed by atoms with van der Waals surface area (Å²) in [7, 11) is 0. The van der Waals surface area contributed by atoms with Gasteiger partial charge in [-0.15, -0.1) is 0 Å². The first-order valence-electron chi connectivity index (χ1n) is 5.72. The number of aryl methyl sites for hydroxylation is 1. The number of rotatable bonds is 3. The lowest BCUT2D eigenvalue weighted by atomic mass is 10.1. The van der Waals surface area contributed by atoms with Gasteiger partial charge in [0.15, 0.2) is 0 Å². The van der Waals surface area contributed by atoms with E-state index in [1.54, 1.807) is 0 Å². The Kier molecular flexibility index (Phi) is 3.52. The fourth-order valence-electron chi connectivity index (χ4n) is 1.91. The molecule has 0 bridgehead atoms. The van der Waals surface area contributed by atoms with Gasteiger partial charge in [0, 0.05) is 16.6 Å². The number of nitrogen functional groups attached to an aromatic ring is 1. The van der Waals surface area contributed by atoms with Gasteiger partial charge in [-0.1, -0.05) is 35.0 Å². The smallest absolute Gasteiger partial charge is 0.131 e. The van der Waals surface area contributed by atoms with Crippen LogP contribution in [0.3, 0.4) is 0 Å². The average Bonchev–Trinajstić information content (AvgIpc) is 2.59. The summed E-state index contributed by atoms with van der Waals surface area (Å²) in [6, 6.07) is 8.06. The van der Waals surface area contributed by atoms with Gasteiger partial charge in [0.2, 0.25) is 0 Å². The number of aromatic nitrogens is 2. The van der Waals surface area contributed by atoms with Crippen molar-refractivity contribution in [2.45, 2.75) is 26.8 Å². The number of anilines is 1. The van der Waals surface area contributed by atoms with Crippen molar-refractivity contribution in [1.29, 1.82) is 0 Å². The molecule has 17 heavy (non-hydrogen) atoms. The third kappa shape index (κ3) is 2.36. The molecule has 0 fully saturated rings. The first kappa shape index (κ1) is 12.2. The van der Waals surface area contributed by atoms with Crippen LogP contribution in [0.15, 0.2) is 28.7 Å². The number of benzene rings is 1. The molecular formula is C13H16BrN3. The van der Waals surface area contributed by atoms with Crippen molar-refractivity contribution in [3.63, 3.8) is 0 Å². The van der Waals surface area contributed by atoms with Crippen molar-refractivity contribution in [3.05, 3.63) is 34.6 Å². The van der Waals surface area contributed by atoms with E-state index in [2.05, 4.69) is 32.4 Å². The van der Waals surface area contributed by atoms with Crippen LogP contribution in [0.5, 0.6) is 0 Å². The highest BCUT2D eigenvalue weighted by Crippen LogP contribution is 2.27. The van der Waals surface area contributed by atoms with Crippen molar-refractivity contribution in [1.82, 2.24) is 9.55 Å².